The zero-order valence-electron chi connectivity index (χ0n) is 15.4. The maximum Gasteiger partial charge on any atom is 0.191 e. The Morgan fingerprint density at radius 2 is 2.00 bits per heavy atom. The monoisotopic (exact) mass is 477 g/mol. The second kappa shape index (κ2) is 11.4. The third kappa shape index (κ3) is 7.27. The van der Waals surface area contributed by atoms with Gasteiger partial charge in [-0.2, -0.15) is 0 Å². The summed E-state index contributed by atoms with van der Waals surface area (Å²) in [6.07, 6.45) is 5.09. The van der Waals surface area contributed by atoms with Gasteiger partial charge in [0, 0.05) is 37.6 Å². The van der Waals surface area contributed by atoms with Gasteiger partial charge in [0.25, 0.3) is 0 Å². The molecular weight excluding hydrogens is 449 g/mol. The van der Waals surface area contributed by atoms with Gasteiger partial charge in [-0.15, -0.1) is 45.5 Å². The molecule has 0 unspecified atom stereocenters. The van der Waals surface area contributed by atoms with Crippen molar-refractivity contribution in [1.29, 1.82) is 0 Å². The minimum Gasteiger partial charge on any atom is -0.356 e. The van der Waals surface area contributed by atoms with Crippen LogP contribution >= 0.6 is 35.3 Å². The second-order valence-electron chi connectivity index (χ2n) is 5.71. The molecule has 7 nitrogen and oxygen atoms in total. The standard InChI is InChI=1S/C16H27N7S.HI/c1-5-6-8-17-16(18-9-7-15-19-10-12(2)24-15)20-11-14-22-21-13(3)23(14)4;/h10H,5-9,11H2,1-4H3,(H2,17,18,20);1H. The highest BCUT2D eigenvalue weighted by atomic mass is 127. The number of nitrogens with zero attached hydrogens (tertiary/aromatic N) is 5. The molecule has 0 aliphatic heterocycles. The van der Waals surface area contributed by atoms with E-state index in [4.69, 9.17) is 0 Å². The van der Waals surface area contributed by atoms with Crippen LogP contribution in [0.15, 0.2) is 11.2 Å². The number of hydrogen-bond acceptors (Lipinski definition) is 5. The van der Waals surface area contributed by atoms with Gasteiger partial charge in [-0.05, 0) is 20.3 Å². The highest BCUT2D eigenvalue weighted by Crippen LogP contribution is 2.10. The molecule has 0 bridgehead atoms. The molecule has 0 aromatic carbocycles. The molecule has 140 valence electrons. The molecule has 0 aliphatic carbocycles. The number of hydrogen-bond donors (Lipinski definition) is 2. The summed E-state index contributed by atoms with van der Waals surface area (Å²) in [5.74, 6) is 2.57. The minimum atomic E-state index is 0. The van der Waals surface area contributed by atoms with Crippen LogP contribution in [0.2, 0.25) is 0 Å². The van der Waals surface area contributed by atoms with Crippen molar-refractivity contribution in [3.05, 3.63) is 27.7 Å². The number of aryl methyl sites for hydroxylation is 2. The highest BCUT2D eigenvalue weighted by molar-refractivity contribution is 14.0. The SMILES string of the molecule is CCCCNC(=NCc1nnc(C)n1C)NCCc1ncc(C)s1.I. The van der Waals surface area contributed by atoms with E-state index in [1.54, 1.807) is 11.3 Å². The number of unbranched alkanes of at least 4 members (excludes halogenated alkanes) is 1. The number of guanidine groups is 1. The van der Waals surface area contributed by atoms with Gasteiger partial charge < -0.3 is 15.2 Å². The van der Waals surface area contributed by atoms with Crippen molar-refractivity contribution < 1.29 is 0 Å². The van der Waals surface area contributed by atoms with Gasteiger partial charge in [0.1, 0.15) is 12.4 Å². The van der Waals surface area contributed by atoms with E-state index in [0.29, 0.717) is 6.54 Å². The van der Waals surface area contributed by atoms with Gasteiger partial charge in [-0.1, -0.05) is 13.3 Å². The number of nitrogens with one attached hydrogen (secondary N) is 2. The molecule has 2 aromatic heterocycles. The Hall–Kier alpha value is -1.23. The Morgan fingerprint density at radius 3 is 2.60 bits per heavy atom. The normalized spacial score (nSPS) is 11.3. The third-order valence-corrected chi connectivity index (χ3v) is 4.66. The van der Waals surface area contributed by atoms with E-state index in [9.17, 15) is 0 Å². The van der Waals surface area contributed by atoms with Crippen LogP contribution < -0.4 is 10.6 Å². The summed E-state index contributed by atoms with van der Waals surface area (Å²) >= 11 is 1.74. The fourth-order valence-electron chi connectivity index (χ4n) is 2.10. The summed E-state index contributed by atoms with van der Waals surface area (Å²) in [7, 11) is 1.96. The average Bonchev–Trinajstić information content (AvgIpc) is 3.12. The summed E-state index contributed by atoms with van der Waals surface area (Å²) in [5, 5.41) is 16.1. The molecule has 0 aliphatic rings. The lowest BCUT2D eigenvalue weighted by Gasteiger charge is -2.11. The van der Waals surface area contributed by atoms with Crippen LogP contribution in [0.5, 0.6) is 0 Å². The van der Waals surface area contributed by atoms with E-state index in [1.165, 1.54) is 4.88 Å². The van der Waals surface area contributed by atoms with Crippen molar-refractivity contribution in [2.24, 2.45) is 12.0 Å². The van der Waals surface area contributed by atoms with Crippen LogP contribution in [-0.2, 0) is 20.0 Å². The lowest BCUT2D eigenvalue weighted by atomic mass is 10.3. The molecule has 0 radical (unpaired) electrons. The van der Waals surface area contributed by atoms with Crippen molar-refractivity contribution in [1.82, 2.24) is 30.4 Å². The predicted molar refractivity (Wildman–Crippen MR) is 114 cm³/mol. The topological polar surface area (TPSA) is 80.0 Å². The first-order chi connectivity index (χ1) is 11.6. The lowest BCUT2D eigenvalue weighted by molar-refractivity contribution is 0.713. The van der Waals surface area contributed by atoms with Crippen LogP contribution in [0, 0.1) is 13.8 Å². The largest absolute Gasteiger partial charge is 0.356 e. The van der Waals surface area contributed by atoms with Crippen molar-refractivity contribution in [2.45, 2.75) is 46.6 Å². The van der Waals surface area contributed by atoms with Gasteiger partial charge in [0.05, 0.1) is 5.01 Å². The van der Waals surface area contributed by atoms with Gasteiger partial charge >= 0.3 is 0 Å². The van der Waals surface area contributed by atoms with E-state index < -0.39 is 0 Å². The molecule has 2 heterocycles. The molecular formula is C16H28IN7S. The smallest absolute Gasteiger partial charge is 0.191 e. The maximum absolute atomic E-state index is 4.63. The summed E-state index contributed by atoms with van der Waals surface area (Å²) in [5.41, 5.74) is 0. The van der Waals surface area contributed by atoms with Gasteiger partial charge in [0.2, 0.25) is 0 Å². The predicted octanol–water partition coefficient (Wildman–Crippen LogP) is 2.58. The van der Waals surface area contributed by atoms with Gasteiger partial charge in [-0.3, -0.25) is 0 Å². The number of rotatable bonds is 8. The fraction of sp³-hybridized carbons (Fsp3) is 0.625. The van der Waals surface area contributed by atoms with Crippen LogP contribution in [0.3, 0.4) is 0 Å². The molecule has 0 saturated heterocycles. The molecule has 25 heavy (non-hydrogen) atoms. The molecule has 9 heteroatoms. The molecule has 2 aromatic rings. The Bertz CT molecular complexity index is 665. The van der Waals surface area contributed by atoms with Crippen molar-refractivity contribution in [2.75, 3.05) is 13.1 Å². The van der Waals surface area contributed by atoms with Crippen LogP contribution in [0.25, 0.3) is 0 Å². The molecule has 0 fully saturated rings. The highest BCUT2D eigenvalue weighted by Gasteiger charge is 2.05. The van der Waals surface area contributed by atoms with E-state index in [2.05, 4.69) is 44.7 Å². The van der Waals surface area contributed by atoms with Crippen LogP contribution in [-0.4, -0.2) is 38.8 Å². The minimum absolute atomic E-state index is 0. The zero-order valence-corrected chi connectivity index (χ0v) is 18.5. The fourth-order valence-corrected chi connectivity index (χ4v) is 2.89. The zero-order chi connectivity index (χ0) is 17.4. The van der Waals surface area contributed by atoms with E-state index in [-0.39, 0.29) is 24.0 Å². The average molecular weight is 477 g/mol. The van der Waals surface area contributed by atoms with Gasteiger partial charge in [0.15, 0.2) is 11.8 Å². The molecule has 0 amide bonds. The first-order valence-corrected chi connectivity index (χ1v) is 9.20. The van der Waals surface area contributed by atoms with Crippen LogP contribution in [0.4, 0.5) is 0 Å². The number of thiazole rings is 1. The number of aromatic nitrogens is 4. The first kappa shape index (κ1) is 21.8. The van der Waals surface area contributed by atoms with Crippen molar-refractivity contribution in [3.8, 4) is 0 Å². The Balaban J connectivity index is 0.00000312. The van der Waals surface area contributed by atoms with E-state index >= 15 is 0 Å². The van der Waals surface area contributed by atoms with E-state index in [0.717, 1.165) is 55.0 Å². The third-order valence-electron chi connectivity index (χ3n) is 3.68. The Labute approximate surface area is 170 Å². The lowest BCUT2D eigenvalue weighted by Crippen LogP contribution is -2.39. The molecule has 0 saturated carbocycles. The van der Waals surface area contributed by atoms with Crippen molar-refractivity contribution >= 4 is 41.3 Å². The molecule has 2 N–H and O–H groups in total. The number of halogens is 1. The number of aliphatic imine (C=N–C) groups is 1. The van der Waals surface area contributed by atoms with Crippen molar-refractivity contribution in [3.63, 3.8) is 0 Å². The van der Waals surface area contributed by atoms with E-state index in [1.807, 2.05) is 24.7 Å². The quantitative estimate of drug-likeness (QED) is 0.265. The molecule has 2 rings (SSSR count). The Morgan fingerprint density at radius 1 is 1.24 bits per heavy atom. The molecule has 0 atom stereocenters. The molecule has 0 spiro atoms. The first-order valence-electron chi connectivity index (χ1n) is 8.38. The summed E-state index contributed by atoms with van der Waals surface area (Å²) in [6.45, 7) is 8.43. The second-order valence-corrected chi connectivity index (χ2v) is 7.03. The summed E-state index contributed by atoms with van der Waals surface area (Å²) in [6, 6.07) is 0. The van der Waals surface area contributed by atoms with Gasteiger partial charge in [-0.25, -0.2) is 9.98 Å². The van der Waals surface area contributed by atoms with Crippen LogP contribution in [0.1, 0.15) is 41.3 Å². The Kier molecular flexibility index (Phi) is 9.94. The maximum atomic E-state index is 4.63. The summed E-state index contributed by atoms with van der Waals surface area (Å²) < 4.78 is 1.96. The summed E-state index contributed by atoms with van der Waals surface area (Å²) in [4.78, 5) is 10.3.